The van der Waals surface area contributed by atoms with Gasteiger partial charge in [-0.15, -0.1) is 0 Å². The molecule has 0 atom stereocenters. The summed E-state index contributed by atoms with van der Waals surface area (Å²) in [4.78, 5) is 29.9. The Morgan fingerprint density at radius 2 is 2.16 bits per heavy atom. The fourth-order valence-electron chi connectivity index (χ4n) is 1.64. The van der Waals surface area contributed by atoms with Crippen LogP contribution in [0.25, 0.3) is 0 Å². The van der Waals surface area contributed by atoms with Crippen LogP contribution in [0.4, 0.5) is 4.39 Å². The second-order valence-corrected chi connectivity index (χ2v) is 4.99. The number of nitrogens with one attached hydrogen (secondary N) is 1. The van der Waals surface area contributed by atoms with E-state index in [1.807, 2.05) is 0 Å². The molecule has 0 fully saturated rings. The van der Waals surface area contributed by atoms with Gasteiger partial charge in [0.25, 0.3) is 5.56 Å². The first-order valence-electron chi connectivity index (χ1n) is 5.52. The molecule has 0 aliphatic heterocycles. The van der Waals surface area contributed by atoms with Crippen LogP contribution in [-0.2, 0) is 0 Å². The van der Waals surface area contributed by atoms with Gasteiger partial charge in [0, 0.05) is 16.7 Å². The summed E-state index contributed by atoms with van der Waals surface area (Å²) in [5.41, 5.74) is 0.291. The maximum Gasteiger partial charge on any atom is 0.251 e. The summed E-state index contributed by atoms with van der Waals surface area (Å²) in [5, 5.41) is 0.332. The number of hydrogen-bond acceptors (Lipinski definition) is 4. The zero-order valence-corrected chi connectivity index (χ0v) is 11.2. The number of benzene rings is 1. The molecule has 1 heterocycles. The van der Waals surface area contributed by atoms with Crippen LogP contribution in [0.2, 0.25) is 0 Å². The first kappa shape index (κ1) is 13.5. The highest BCUT2D eigenvalue weighted by molar-refractivity contribution is 7.99. The standard InChI is InChI=1S/C13H11FN2O2S/c1-7-6-11(18)16-13(15-7)19-10-5-3-4-9(14)12(10)8(2)17/h3-6H,1-2H3,(H,15,16,18). The van der Waals surface area contributed by atoms with Crippen molar-refractivity contribution in [3.63, 3.8) is 0 Å². The Morgan fingerprint density at radius 3 is 2.79 bits per heavy atom. The molecule has 4 nitrogen and oxygen atoms in total. The summed E-state index contributed by atoms with van der Waals surface area (Å²) < 4.78 is 13.6. The lowest BCUT2D eigenvalue weighted by molar-refractivity contribution is 0.101. The van der Waals surface area contributed by atoms with Crippen molar-refractivity contribution in [1.82, 2.24) is 9.97 Å². The lowest BCUT2D eigenvalue weighted by Crippen LogP contribution is -2.08. The van der Waals surface area contributed by atoms with Crippen molar-refractivity contribution >= 4 is 17.5 Å². The van der Waals surface area contributed by atoms with Crippen LogP contribution in [0.3, 0.4) is 0 Å². The average molecular weight is 278 g/mol. The number of Topliss-reactive ketones (excluding diaryl/α,β-unsaturated/α-hetero) is 1. The molecule has 0 aliphatic carbocycles. The molecule has 0 radical (unpaired) electrons. The molecule has 1 N–H and O–H groups in total. The highest BCUT2D eigenvalue weighted by atomic mass is 32.2. The van der Waals surface area contributed by atoms with E-state index in [1.54, 1.807) is 13.0 Å². The van der Waals surface area contributed by atoms with E-state index >= 15 is 0 Å². The van der Waals surface area contributed by atoms with Crippen molar-refractivity contribution < 1.29 is 9.18 Å². The molecule has 19 heavy (non-hydrogen) atoms. The molecule has 0 bridgehead atoms. The van der Waals surface area contributed by atoms with Gasteiger partial charge in [0.15, 0.2) is 10.9 Å². The van der Waals surface area contributed by atoms with E-state index in [9.17, 15) is 14.0 Å². The molecule has 2 rings (SSSR count). The van der Waals surface area contributed by atoms with Gasteiger partial charge in [0.05, 0.1) is 5.56 Å². The third-order valence-electron chi connectivity index (χ3n) is 2.38. The number of aryl methyl sites for hydroxylation is 1. The maximum absolute atomic E-state index is 13.6. The first-order valence-corrected chi connectivity index (χ1v) is 6.34. The van der Waals surface area contributed by atoms with Gasteiger partial charge in [-0.25, -0.2) is 9.37 Å². The minimum Gasteiger partial charge on any atom is -0.301 e. The van der Waals surface area contributed by atoms with Gasteiger partial charge in [0.2, 0.25) is 0 Å². The predicted molar refractivity (Wildman–Crippen MR) is 70.1 cm³/mol. The van der Waals surface area contributed by atoms with E-state index in [2.05, 4.69) is 9.97 Å². The fraction of sp³-hybridized carbons (Fsp3) is 0.154. The van der Waals surface area contributed by atoms with Crippen molar-refractivity contribution in [3.8, 4) is 0 Å². The van der Waals surface area contributed by atoms with Crippen molar-refractivity contribution in [1.29, 1.82) is 0 Å². The Bertz CT molecular complexity index is 697. The summed E-state index contributed by atoms with van der Waals surface area (Å²) in [7, 11) is 0. The minimum atomic E-state index is -0.576. The molecular weight excluding hydrogens is 267 g/mol. The number of H-pyrrole nitrogens is 1. The van der Waals surface area contributed by atoms with E-state index in [0.717, 1.165) is 11.8 Å². The number of carbonyl (C=O) groups is 1. The lowest BCUT2D eigenvalue weighted by atomic mass is 10.1. The molecule has 0 saturated carbocycles. The highest BCUT2D eigenvalue weighted by Crippen LogP contribution is 2.29. The molecule has 0 amide bonds. The number of aromatic nitrogens is 2. The molecule has 1 aromatic carbocycles. The molecule has 0 unspecified atom stereocenters. The average Bonchev–Trinajstić information content (AvgIpc) is 2.26. The summed E-state index contributed by atoms with van der Waals surface area (Å²) in [6.45, 7) is 2.99. The molecular formula is C13H11FN2O2S. The quantitative estimate of drug-likeness (QED) is 0.692. The third kappa shape index (κ3) is 3.08. The lowest BCUT2D eigenvalue weighted by Gasteiger charge is -2.07. The molecule has 0 aliphatic rings. The minimum absolute atomic E-state index is 0.0108. The van der Waals surface area contributed by atoms with Crippen molar-refractivity contribution in [2.75, 3.05) is 0 Å². The zero-order chi connectivity index (χ0) is 14.0. The van der Waals surface area contributed by atoms with Crippen molar-refractivity contribution in [3.05, 3.63) is 51.7 Å². The molecule has 6 heteroatoms. The van der Waals surface area contributed by atoms with E-state index in [-0.39, 0.29) is 16.9 Å². The second-order valence-electron chi connectivity index (χ2n) is 3.96. The second kappa shape index (κ2) is 5.36. The highest BCUT2D eigenvalue weighted by Gasteiger charge is 2.14. The van der Waals surface area contributed by atoms with Crippen LogP contribution in [0.15, 0.2) is 39.1 Å². The van der Waals surface area contributed by atoms with Gasteiger partial charge < -0.3 is 4.98 Å². The number of aromatic amines is 1. The normalized spacial score (nSPS) is 10.5. The number of hydrogen-bond donors (Lipinski definition) is 1. The smallest absolute Gasteiger partial charge is 0.251 e. The molecule has 98 valence electrons. The Morgan fingerprint density at radius 1 is 1.42 bits per heavy atom. The van der Waals surface area contributed by atoms with Crippen LogP contribution in [0.1, 0.15) is 23.0 Å². The number of carbonyl (C=O) groups excluding carboxylic acids is 1. The monoisotopic (exact) mass is 278 g/mol. The summed E-state index contributed by atoms with van der Waals surface area (Å²) in [6.07, 6.45) is 0. The van der Waals surface area contributed by atoms with Crippen LogP contribution in [0, 0.1) is 12.7 Å². The van der Waals surface area contributed by atoms with Crippen molar-refractivity contribution in [2.24, 2.45) is 0 Å². The van der Waals surface area contributed by atoms with Crippen LogP contribution < -0.4 is 5.56 Å². The Labute approximate surface area is 113 Å². The SMILES string of the molecule is CC(=O)c1c(F)cccc1Sc1nc(C)cc(=O)[nH]1. The summed E-state index contributed by atoms with van der Waals surface area (Å²) in [6, 6.07) is 5.72. The Balaban J connectivity index is 2.46. The van der Waals surface area contributed by atoms with E-state index in [4.69, 9.17) is 0 Å². The van der Waals surface area contributed by atoms with Gasteiger partial charge in [-0.05, 0) is 26.0 Å². The fourth-order valence-corrected chi connectivity index (χ4v) is 2.67. The first-order chi connectivity index (χ1) is 8.97. The number of halogens is 1. The van der Waals surface area contributed by atoms with E-state index in [1.165, 1.54) is 25.1 Å². The van der Waals surface area contributed by atoms with Gasteiger partial charge in [-0.3, -0.25) is 9.59 Å². The van der Waals surface area contributed by atoms with E-state index < -0.39 is 5.82 Å². The number of nitrogens with zero attached hydrogens (tertiary/aromatic N) is 1. The zero-order valence-electron chi connectivity index (χ0n) is 10.4. The molecule has 1 aromatic heterocycles. The molecule has 0 saturated heterocycles. The predicted octanol–water partition coefficient (Wildman–Crippen LogP) is 2.57. The summed E-state index contributed by atoms with van der Waals surface area (Å²) in [5.74, 6) is -0.942. The van der Waals surface area contributed by atoms with Gasteiger partial charge in [0.1, 0.15) is 5.82 Å². The third-order valence-corrected chi connectivity index (χ3v) is 3.33. The number of ketones is 1. The van der Waals surface area contributed by atoms with E-state index in [0.29, 0.717) is 15.7 Å². The Hall–Kier alpha value is -1.95. The van der Waals surface area contributed by atoms with Gasteiger partial charge >= 0.3 is 0 Å². The molecule has 2 aromatic rings. The largest absolute Gasteiger partial charge is 0.301 e. The summed E-state index contributed by atoms with van der Waals surface area (Å²) >= 11 is 1.06. The van der Waals surface area contributed by atoms with Gasteiger partial charge in [-0.1, -0.05) is 17.8 Å². The van der Waals surface area contributed by atoms with Crippen LogP contribution in [-0.4, -0.2) is 15.8 Å². The van der Waals surface area contributed by atoms with Crippen molar-refractivity contribution in [2.45, 2.75) is 23.9 Å². The number of rotatable bonds is 3. The van der Waals surface area contributed by atoms with Crippen LogP contribution >= 0.6 is 11.8 Å². The topological polar surface area (TPSA) is 62.8 Å². The van der Waals surface area contributed by atoms with Gasteiger partial charge in [-0.2, -0.15) is 0 Å². The molecule has 0 spiro atoms. The maximum atomic E-state index is 13.6. The Kier molecular flexibility index (Phi) is 3.80. The van der Waals surface area contributed by atoms with Crippen LogP contribution in [0.5, 0.6) is 0 Å².